The summed E-state index contributed by atoms with van der Waals surface area (Å²) in [5, 5.41) is 0. The number of anilines is 1. The summed E-state index contributed by atoms with van der Waals surface area (Å²) in [6.07, 6.45) is 6.58. The molecule has 0 aliphatic carbocycles. The SMILES string of the molecule is C=CCCCCCC(=O)c1cc(Br)ccc1N. The standard InChI is InChI=1S/C14H18BrNO/c1-2-3-4-5-6-7-14(17)12-10-11(15)8-9-13(12)16/h2,8-10H,1,3-7,16H2. The summed E-state index contributed by atoms with van der Waals surface area (Å²) in [7, 11) is 0. The fraction of sp³-hybridized carbons (Fsp3) is 0.357. The molecule has 0 heterocycles. The van der Waals surface area contributed by atoms with Gasteiger partial charge in [0.15, 0.2) is 5.78 Å². The van der Waals surface area contributed by atoms with Gasteiger partial charge < -0.3 is 5.73 Å². The maximum atomic E-state index is 11.9. The Labute approximate surface area is 111 Å². The van der Waals surface area contributed by atoms with Gasteiger partial charge in [0.2, 0.25) is 0 Å². The van der Waals surface area contributed by atoms with Crippen LogP contribution in [0.25, 0.3) is 0 Å². The lowest BCUT2D eigenvalue weighted by atomic mass is 10.0. The minimum atomic E-state index is 0.127. The average molecular weight is 296 g/mol. The smallest absolute Gasteiger partial charge is 0.164 e. The first-order valence-corrected chi connectivity index (χ1v) is 6.63. The van der Waals surface area contributed by atoms with E-state index in [-0.39, 0.29) is 5.78 Å². The van der Waals surface area contributed by atoms with Crippen LogP contribution in [-0.2, 0) is 0 Å². The molecule has 3 heteroatoms. The number of rotatable bonds is 7. The van der Waals surface area contributed by atoms with Gasteiger partial charge in [-0.25, -0.2) is 0 Å². The quantitative estimate of drug-likeness (QED) is 0.352. The molecule has 0 aliphatic rings. The third-order valence-corrected chi connectivity index (χ3v) is 3.12. The fourth-order valence-electron chi connectivity index (χ4n) is 1.66. The van der Waals surface area contributed by atoms with Gasteiger partial charge in [0.25, 0.3) is 0 Å². The van der Waals surface area contributed by atoms with Gasteiger partial charge in [-0.3, -0.25) is 4.79 Å². The van der Waals surface area contributed by atoms with Crippen LogP contribution in [-0.4, -0.2) is 5.78 Å². The topological polar surface area (TPSA) is 43.1 Å². The number of hydrogen-bond acceptors (Lipinski definition) is 2. The van der Waals surface area contributed by atoms with E-state index in [1.807, 2.05) is 12.1 Å². The number of hydrogen-bond donors (Lipinski definition) is 1. The molecule has 1 aromatic carbocycles. The van der Waals surface area contributed by atoms with Crippen LogP contribution in [0.2, 0.25) is 0 Å². The average Bonchev–Trinajstić information content (AvgIpc) is 2.32. The zero-order valence-electron chi connectivity index (χ0n) is 9.92. The first-order valence-electron chi connectivity index (χ1n) is 5.84. The van der Waals surface area contributed by atoms with Crippen LogP contribution >= 0.6 is 15.9 Å². The maximum Gasteiger partial charge on any atom is 0.164 e. The second kappa shape index (κ2) is 7.28. The van der Waals surface area contributed by atoms with Gasteiger partial charge in [-0.05, 0) is 37.5 Å². The molecule has 0 aliphatic heterocycles. The number of nitrogen functional groups attached to an aromatic ring is 1. The molecule has 2 nitrogen and oxygen atoms in total. The second-order valence-electron chi connectivity index (χ2n) is 4.04. The van der Waals surface area contributed by atoms with Crippen molar-refractivity contribution in [1.29, 1.82) is 0 Å². The summed E-state index contributed by atoms with van der Waals surface area (Å²) in [6, 6.07) is 5.40. The first kappa shape index (κ1) is 14.0. The lowest BCUT2D eigenvalue weighted by Crippen LogP contribution is -2.03. The Morgan fingerprint density at radius 3 is 2.82 bits per heavy atom. The molecule has 0 saturated heterocycles. The predicted molar refractivity (Wildman–Crippen MR) is 76.2 cm³/mol. The summed E-state index contributed by atoms with van der Waals surface area (Å²) >= 11 is 3.35. The van der Waals surface area contributed by atoms with Crippen LogP contribution < -0.4 is 5.73 Å². The monoisotopic (exact) mass is 295 g/mol. The van der Waals surface area contributed by atoms with Crippen molar-refractivity contribution < 1.29 is 4.79 Å². The normalized spacial score (nSPS) is 10.2. The molecule has 0 saturated carbocycles. The number of unbranched alkanes of at least 4 members (excludes halogenated alkanes) is 3. The maximum absolute atomic E-state index is 11.9. The van der Waals surface area contributed by atoms with E-state index in [0.29, 0.717) is 17.7 Å². The molecule has 0 radical (unpaired) electrons. The van der Waals surface area contributed by atoms with Gasteiger partial charge in [-0.15, -0.1) is 6.58 Å². The van der Waals surface area contributed by atoms with Crippen LogP contribution in [0, 0.1) is 0 Å². The van der Waals surface area contributed by atoms with E-state index in [2.05, 4.69) is 22.5 Å². The number of carbonyl (C=O) groups excluding carboxylic acids is 1. The van der Waals surface area contributed by atoms with E-state index in [9.17, 15) is 4.79 Å². The number of benzene rings is 1. The van der Waals surface area contributed by atoms with Gasteiger partial charge in [0, 0.05) is 22.1 Å². The van der Waals surface area contributed by atoms with Crippen molar-refractivity contribution in [2.24, 2.45) is 0 Å². The molecule has 2 N–H and O–H groups in total. The predicted octanol–water partition coefficient (Wildman–Crippen LogP) is 4.35. The van der Waals surface area contributed by atoms with Crippen LogP contribution in [0.4, 0.5) is 5.69 Å². The number of allylic oxidation sites excluding steroid dienone is 1. The number of halogens is 1. The van der Waals surface area contributed by atoms with Gasteiger partial charge in [-0.1, -0.05) is 28.4 Å². The molecule has 0 fully saturated rings. The highest BCUT2D eigenvalue weighted by Crippen LogP contribution is 2.20. The van der Waals surface area contributed by atoms with Crippen molar-refractivity contribution in [3.63, 3.8) is 0 Å². The van der Waals surface area contributed by atoms with Crippen molar-refractivity contribution in [2.45, 2.75) is 32.1 Å². The van der Waals surface area contributed by atoms with Crippen molar-refractivity contribution in [3.05, 3.63) is 40.9 Å². The number of carbonyl (C=O) groups is 1. The summed E-state index contributed by atoms with van der Waals surface area (Å²) < 4.78 is 0.890. The molecule has 0 aromatic heterocycles. The molecule has 1 rings (SSSR count). The number of ketones is 1. The zero-order valence-corrected chi connectivity index (χ0v) is 11.5. The second-order valence-corrected chi connectivity index (χ2v) is 4.96. The number of nitrogens with two attached hydrogens (primary N) is 1. The van der Waals surface area contributed by atoms with Gasteiger partial charge in [0.1, 0.15) is 0 Å². The van der Waals surface area contributed by atoms with Crippen LogP contribution in [0.5, 0.6) is 0 Å². The Bertz CT molecular complexity index is 401. The molecule has 0 unspecified atom stereocenters. The largest absolute Gasteiger partial charge is 0.398 e. The Kier molecular flexibility index (Phi) is 5.98. The molecule has 0 atom stereocenters. The Hall–Kier alpha value is -1.09. The molecule has 0 bridgehead atoms. The van der Waals surface area contributed by atoms with E-state index in [1.54, 1.807) is 12.1 Å². The summed E-state index contributed by atoms with van der Waals surface area (Å²) in [6.45, 7) is 3.67. The van der Waals surface area contributed by atoms with E-state index in [4.69, 9.17) is 5.73 Å². The van der Waals surface area contributed by atoms with Crippen molar-refractivity contribution in [1.82, 2.24) is 0 Å². The molecule has 17 heavy (non-hydrogen) atoms. The lowest BCUT2D eigenvalue weighted by Gasteiger charge is -2.05. The summed E-state index contributed by atoms with van der Waals surface area (Å²) in [5.41, 5.74) is 6.97. The highest BCUT2D eigenvalue weighted by Gasteiger charge is 2.09. The molecular formula is C14H18BrNO. The van der Waals surface area contributed by atoms with Crippen LogP contribution in [0.3, 0.4) is 0 Å². The van der Waals surface area contributed by atoms with Crippen LogP contribution in [0.15, 0.2) is 35.3 Å². The summed E-state index contributed by atoms with van der Waals surface area (Å²) in [5.74, 6) is 0.127. The van der Waals surface area contributed by atoms with Crippen molar-refractivity contribution >= 4 is 27.4 Å². The van der Waals surface area contributed by atoms with E-state index >= 15 is 0 Å². The van der Waals surface area contributed by atoms with Gasteiger partial charge in [0.05, 0.1) is 0 Å². The Morgan fingerprint density at radius 1 is 1.35 bits per heavy atom. The Morgan fingerprint density at radius 2 is 2.12 bits per heavy atom. The molecule has 1 aromatic rings. The van der Waals surface area contributed by atoms with Crippen molar-refractivity contribution in [2.75, 3.05) is 5.73 Å². The van der Waals surface area contributed by atoms with E-state index in [1.165, 1.54) is 0 Å². The molecule has 92 valence electrons. The van der Waals surface area contributed by atoms with Gasteiger partial charge in [-0.2, -0.15) is 0 Å². The van der Waals surface area contributed by atoms with Crippen LogP contribution in [0.1, 0.15) is 42.5 Å². The third kappa shape index (κ3) is 4.73. The van der Waals surface area contributed by atoms with Gasteiger partial charge >= 0.3 is 0 Å². The minimum absolute atomic E-state index is 0.127. The molecule has 0 spiro atoms. The third-order valence-electron chi connectivity index (χ3n) is 2.63. The van der Waals surface area contributed by atoms with Crippen molar-refractivity contribution in [3.8, 4) is 0 Å². The lowest BCUT2D eigenvalue weighted by molar-refractivity contribution is 0.0980. The minimum Gasteiger partial charge on any atom is -0.398 e. The molecule has 0 amide bonds. The number of Topliss-reactive ketones (excluding diaryl/α,β-unsaturated/α-hetero) is 1. The summed E-state index contributed by atoms with van der Waals surface area (Å²) in [4.78, 5) is 11.9. The highest BCUT2D eigenvalue weighted by atomic mass is 79.9. The highest BCUT2D eigenvalue weighted by molar-refractivity contribution is 9.10. The Balaban J connectivity index is 2.46. The van der Waals surface area contributed by atoms with E-state index in [0.717, 1.165) is 30.2 Å². The molecular weight excluding hydrogens is 278 g/mol. The zero-order chi connectivity index (χ0) is 12.7. The first-order chi connectivity index (χ1) is 8.15. The van der Waals surface area contributed by atoms with E-state index < -0.39 is 0 Å². The fourth-order valence-corrected chi connectivity index (χ4v) is 2.02.